The monoisotopic (exact) mass is 320 g/mol. The minimum atomic E-state index is -0.581. The summed E-state index contributed by atoms with van der Waals surface area (Å²) in [6, 6.07) is 9.91. The number of ether oxygens (including phenoxy) is 1. The van der Waals surface area contributed by atoms with Crippen molar-refractivity contribution < 1.29 is 19.1 Å². The molecule has 1 unspecified atom stereocenters. The second kappa shape index (κ2) is 7.93. The number of aliphatic hydroxyl groups excluding tert-OH is 1. The number of rotatable bonds is 5. The molecule has 4 nitrogen and oxygen atoms in total. The van der Waals surface area contributed by atoms with E-state index in [9.17, 15) is 9.90 Å². The van der Waals surface area contributed by atoms with Gasteiger partial charge >= 0.3 is 5.97 Å². The van der Waals surface area contributed by atoms with Crippen molar-refractivity contribution in [2.45, 2.75) is 50.2 Å². The van der Waals surface area contributed by atoms with E-state index in [0.29, 0.717) is 6.04 Å². The number of nitrogens with zero attached hydrogens (tertiary/aromatic N) is 1. The Morgan fingerprint density at radius 3 is 2.48 bits per heavy atom. The maximum absolute atomic E-state index is 12.5. The highest BCUT2D eigenvalue weighted by Crippen LogP contribution is 2.27. The largest absolute Gasteiger partial charge is 0.462 e. The van der Waals surface area contributed by atoms with Crippen LogP contribution in [0.1, 0.15) is 43.6 Å². The lowest BCUT2D eigenvalue weighted by molar-refractivity contribution is -0.897. The Bertz CT molecular complexity index is 495. The minimum absolute atomic E-state index is 0.0369. The molecule has 0 bridgehead atoms. The molecule has 3 atom stereocenters. The van der Waals surface area contributed by atoms with E-state index in [1.807, 2.05) is 30.3 Å². The first-order valence-electron chi connectivity index (χ1n) is 8.59. The Balaban J connectivity index is 2.02. The summed E-state index contributed by atoms with van der Waals surface area (Å²) in [7, 11) is 6.61. The van der Waals surface area contributed by atoms with Gasteiger partial charge in [0.25, 0.3) is 0 Å². The number of carbonyl (C=O) groups excluding carboxylic acids is 1. The molecule has 1 aliphatic rings. The first-order chi connectivity index (χ1) is 10.9. The van der Waals surface area contributed by atoms with Crippen molar-refractivity contribution in [1.82, 2.24) is 0 Å². The molecule has 0 amide bonds. The van der Waals surface area contributed by atoms with Gasteiger partial charge in [0.2, 0.25) is 0 Å². The van der Waals surface area contributed by atoms with Crippen LogP contribution in [0.5, 0.6) is 0 Å². The first kappa shape index (κ1) is 18.0. The quantitative estimate of drug-likeness (QED) is 0.515. The van der Waals surface area contributed by atoms with E-state index in [1.54, 1.807) is 0 Å². The van der Waals surface area contributed by atoms with Gasteiger partial charge in [0.05, 0.1) is 33.8 Å². The van der Waals surface area contributed by atoms with Crippen LogP contribution in [0.2, 0.25) is 0 Å². The molecule has 0 heterocycles. The number of esters is 1. The van der Waals surface area contributed by atoms with Gasteiger partial charge in [-0.1, -0.05) is 30.3 Å². The molecular formula is C19H30NO3+. The lowest BCUT2D eigenvalue weighted by Crippen LogP contribution is -2.46. The Labute approximate surface area is 139 Å². The zero-order valence-electron chi connectivity index (χ0n) is 14.6. The molecule has 0 saturated heterocycles. The third-order valence-electron chi connectivity index (χ3n) is 4.90. The van der Waals surface area contributed by atoms with Crippen LogP contribution in [0, 0.1) is 0 Å². The maximum Gasteiger partial charge on any atom is 0.316 e. The molecule has 1 N–H and O–H groups in total. The maximum atomic E-state index is 12.5. The normalized spacial score (nSPS) is 23.8. The van der Waals surface area contributed by atoms with Crippen LogP contribution >= 0.6 is 0 Å². The Morgan fingerprint density at radius 1 is 1.22 bits per heavy atom. The van der Waals surface area contributed by atoms with Gasteiger partial charge in [0, 0.05) is 6.42 Å². The second-order valence-electron chi connectivity index (χ2n) is 7.49. The van der Waals surface area contributed by atoms with Gasteiger partial charge in [-0.3, -0.25) is 4.79 Å². The van der Waals surface area contributed by atoms with Crippen molar-refractivity contribution >= 4 is 5.97 Å². The average Bonchev–Trinajstić information content (AvgIpc) is 2.74. The van der Waals surface area contributed by atoms with Gasteiger partial charge in [-0.25, -0.2) is 0 Å². The highest BCUT2D eigenvalue weighted by Gasteiger charge is 2.32. The lowest BCUT2D eigenvalue weighted by atomic mass is 10.00. The van der Waals surface area contributed by atoms with E-state index in [2.05, 4.69) is 21.1 Å². The molecule has 0 aromatic heterocycles. The van der Waals surface area contributed by atoms with Gasteiger partial charge in [-0.2, -0.15) is 0 Å². The molecule has 2 rings (SSSR count). The summed E-state index contributed by atoms with van der Waals surface area (Å²) >= 11 is 0. The number of hydrogen-bond donors (Lipinski definition) is 1. The summed E-state index contributed by atoms with van der Waals surface area (Å²) in [5.74, 6) is -0.882. The van der Waals surface area contributed by atoms with Crippen molar-refractivity contribution in [3.8, 4) is 0 Å². The zero-order chi connectivity index (χ0) is 16.9. The topological polar surface area (TPSA) is 46.5 Å². The summed E-state index contributed by atoms with van der Waals surface area (Å²) < 4.78 is 6.69. The van der Waals surface area contributed by atoms with Gasteiger partial charge < -0.3 is 14.3 Å². The highest BCUT2D eigenvalue weighted by molar-refractivity contribution is 5.78. The fraction of sp³-hybridized carbons (Fsp3) is 0.632. The standard InChI is InChI=1S/C19H30NO3/c1-20(2,3)16-11-7-8-12-17(13-16)23-19(22)18(14-21)15-9-5-4-6-10-15/h4-6,9-10,16-18,21H,7-8,11-14H2,1-3H3/q+1/t16-,17-,18?/m1/s1. The van der Waals surface area contributed by atoms with Crippen LogP contribution in [0.3, 0.4) is 0 Å². The summed E-state index contributed by atoms with van der Waals surface area (Å²) in [5.41, 5.74) is 0.816. The number of carbonyl (C=O) groups is 1. The number of hydrogen-bond acceptors (Lipinski definition) is 3. The average molecular weight is 320 g/mol. The first-order valence-corrected chi connectivity index (χ1v) is 8.59. The Kier molecular flexibility index (Phi) is 6.19. The second-order valence-corrected chi connectivity index (χ2v) is 7.49. The fourth-order valence-corrected chi connectivity index (χ4v) is 3.35. The molecule has 1 aliphatic carbocycles. The van der Waals surface area contributed by atoms with Crippen molar-refractivity contribution in [3.05, 3.63) is 35.9 Å². The number of quaternary nitrogens is 1. The van der Waals surface area contributed by atoms with Crippen molar-refractivity contribution in [2.75, 3.05) is 27.7 Å². The molecule has 0 radical (unpaired) electrons. The van der Waals surface area contributed by atoms with Crippen LogP contribution in [-0.2, 0) is 9.53 Å². The van der Waals surface area contributed by atoms with E-state index >= 15 is 0 Å². The molecular weight excluding hydrogens is 290 g/mol. The summed E-state index contributed by atoms with van der Waals surface area (Å²) in [6.45, 7) is -0.214. The molecule has 1 fully saturated rings. The molecule has 1 saturated carbocycles. The lowest BCUT2D eigenvalue weighted by Gasteiger charge is -2.35. The highest BCUT2D eigenvalue weighted by atomic mass is 16.5. The molecule has 1 aromatic rings. The van der Waals surface area contributed by atoms with E-state index in [1.165, 1.54) is 12.8 Å². The summed E-state index contributed by atoms with van der Waals surface area (Å²) in [4.78, 5) is 12.5. The van der Waals surface area contributed by atoms with Crippen LogP contribution in [0.15, 0.2) is 30.3 Å². The van der Waals surface area contributed by atoms with Crippen LogP contribution < -0.4 is 0 Å². The van der Waals surface area contributed by atoms with Crippen molar-refractivity contribution in [2.24, 2.45) is 0 Å². The van der Waals surface area contributed by atoms with E-state index in [4.69, 9.17) is 4.74 Å². The van der Waals surface area contributed by atoms with E-state index < -0.39 is 5.92 Å². The SMILES string of the molecule is C[N+](C)(C)[C@@H]1CCCC[C@@H](OC(=O)C(CO)c2ccccc2)C1. The molecule has 0 aliphatic heterocycles. The molecule has 4 heteroatoms. The van der Waals surface area contributed by atoms with Gasteiger partial charge in [0.1, 0.15) is 12.0 Å². The van der Waals surface area contributed by atoms with Crippen LogP contribution in [-0.4, -0.2) is 55.5 Å². The molecule has 0 spiro atoms. The van der Waals surface area contributed by atoms with Crippen molar-refractivity contribution in [1.29, 1.82) is 0 Å². The Hall–Kier alpha value is -1.39. The van der Waals surface area contributed by atoms with E-state index in [-0.39, 0.29) is 18.7 Å². The van der Waals surface area contributed by atoms with Crippen molar-refractivity contribution in [3.63, 3.8) is 0 Å². The fourth-order valence-electron chi connectivity index (χ4n) is 3.35. The number of benzene rings is 1. The predicted octanol–water partition coefficient (Wildman–Crippen LogP) is 2.71. The molecule has 1 aromatic carbocycles. The van der Waals surface area contributed by atoms with E-state index in [0.717, 1.165) is 29.3 Å². The van der Waals surface area contributed by atoms with Crippen LogP contribution in [0.4, 0.5) is 0 Å². The third kappa shape index (κ3) is 5.05. The zero-order valence-corrected chi connectivity index (χ0v) is 14.6. The van der Waals surface area contributed by atoms with Crippen LogP contribution in [0.25, 0.3) is 0 Å². The molecule has 23 heavy (non-hydrogen) atoms. The van der Waals surface area contributed by atoms with Gasteiger partial charge in [-0.15, -0.1) is 0 Å². The number of aliphatic hydroxyl groups is 1. The summed E-state index contributed by atoms with van der Waals surface area (Å²) in [5, 5.41) is 9.61. The molecule has 128 valence electrons. The predicted molar refractivity (Wildman–Crippen MR) is 91.1 cm³/mol. The minimum Gasteiger partial charge on any atom is -0.462 e. The third-order valence-corrected chi connectivity index (χ3v) is 4.90. The smallest absolute Gasteiger partial charge is 0.316 e. The summed E-state index contributed by atoms with van der Waals surface area (Å²) in [6.07, 6.45) is 5.27. The van der Waals surface area contributed by atoms with Gasteiger partial charge in [-0.05, 0) is 31.2 Å². The Morgan fingerprint density at radius 2 is 1.87 bits per heavy atom. The van der Waals surface area contributed by atoms with Gasteiger partial charge in [0.15, 0.2) is 0 Å².